The van der Waals surface area contributed by atoms with Crippen LogP contribution in [0.3, 0.4) is 0 Å². The lowest BCUT2D eigenvalue weighted by Gasteiger charge is -2.09. The van der Waals surface area contributed by atoms with Crippen molar-refractivity contribution in [3.8, 4) is 0 Å². The fourth-order valence-corrected chi connectivity index (χ4v) is 2.03. The maximum atomic E-state index is 2.27. The average Bonchev–Trinajstić information content (AvgIpc) is 2.60. The van der Waals surface area contributed by atoms with Gasteiger partial charge in [-0.25, -0.2) is 0 Å². The van der Waals surface area contributed by atoms with Gasteiger partial charge >= 0.3 is 0 Å². The van der Waals surface area contributed by atoms with E-state index in [2.05, 4.69) is 52.0 Å². The first-order chi connectivity index (χ1) is 10.6. The molecule has 0 spiro atoms. The maximum absolute atomic E-state index is 2.27. The van der Waals surface area contributed by atoms with Crippen LogP contribution in [0.4, 0.5) is 0 Å². The molecule has 0 aliphatic rings. The molecule has 0 heterocycles. The summed E-state index contributed by atoms with van der Waals surface area (Å²) in [6.45, 7) is 24.7. The second-order valence-electron chi connectivity index (χ2n) is 4.18. The van der Waals surface area contributed by atoms with Gasteiger partial charge in [0.2, 0.25) is 0 Å². The summed E-state index contributed by atoms with van der Waals surface area (Å²) in [5.41, 5.74) is 5.51. The van der Waals surface area contributed by atoms with E-state index in [-0.39, 0.29) is 0 Å². The van der Waals surface area contributed by atoms with Gasteiger partial charge in [-0.2, -0.15) is 0 Å². The van der Waals surface area contributed by atoms with Gasteiger partial charge in [-0.3, -0.25) is 0 Å². The molecule has 0 aliphatic heterocycles. The highest BCUT2D eigenvalue weighted by Gasteiger charge is 2.03. The molecular weight excluding hydrogens is 264 g/mol. The molecule has 0 aromatic heterocycles. The Morgan fingerprint density at radius 2 is 0.955 bits per heavy atom. The zero-order valence-corrected chi connectivity index (χ0v) is 17.3. The van der Waals surface area contributed by atoms with Gasteiger partial charge in [0, 0.05) is 0 Å². The van der Waals surface area contributed by atoms with Gasteiger partial charge in [0.25, 0.3) is 0 Å². The molecule has 0 fully saturated rings. The molecule has 128 valence electrons. The topological polar surface area (TPSA) is 0 Å². The van der Waals surface area contributed by atoms with Crippen molar-refractivity contribution >= 4 is 10.8 Å². The van der Waals surface area contributed by atoms with E-state index in [4.69, 9.17) is 0 Å². The number of fused-ring (bicyclic) bond motifs is 1. The van der Waals surface area contributed by atoms with E-state index < -0.39 is 0 Å². The summed E-state index contributed by atoms with van der Waals surface area (Å²) in [6.07, 6.45) is 0. The van der Waals surface area contributed by atoms with E-state index in [1.165, 1.54) is 33.0 Å². The van der Waals surface area contributed by atoms with Crippen LogP contribution in [0.25, 0.3) is 10.8 Å². The molecule has 0 heteroatoms. The van der Waals surface area contributed by atoms with E-state index >= 15 is 0 Å². The predicted octanol–water partition coefficient (Wildman–Crippen LogP) is 8.18. The summed E-state index contributed by atoms with van der Waals surface area (Å²) in [7, 11) is 0. The van der Waals surface area contributed by atoms with Crippen molar-refractivity contribution in [2.45, 2.75) is 83.1 Å². The molecule has 2 rings (SSSR count). The number of hydrogen-bond donors (Lipinski definition) is 0. The lowest BCUT2D eigenvalue weighted by Crippen LogP contribution is -1.88. The van der Waals surface area contributed by atoms with Crippen LogP contribution in [0.2, 0.25) is 0 Å². The normalized spacial score (nSPS) is 8.00. The zero-order valence-electron chi connectivity index (χ0n) is 17.3. The Hall–Kier alpha value is -1.30. The molecule has 0 amide bonds. The van der Waals surface area contributed by atoms with Crippen LogP contribution in [0.1, 0.15) is 77.6 Å². The van der Waals surface area contributed by atoms with Gasteiger partial charge in [-0.05, 0) is 55.2 Å². The summed E-state index contributed by atoms with van der Waals surface area (Å²) in [6, 6.07) is 8.97. The molecule has 22 heavy (non-hydrogen) atoms. The second-order valence-corrected chi connectivity index (χ2v) is 4.18. The summed E-state index contributed by atoms with van der Waals surface area (Å²) in [4.78, 5) is 0. The van der Waals surface area contributed by atoms with Crippen LogP contribution in [0.5, 0.6) is 0 Å². The second kappa shape index (κ2) is 16.1. The van der Waals surface area contributed by atoms with Crippen molar-refractivity contribution in [2.24, 2.45) is 0 Å². The van der Waals surface area contributed by atoms with Gasteiger partial charge in [0.15, 0.2) is 0 Å². The minimum absolute atomic E-state index is 1.34. The molecule has 0 radical (unpaired) electrons. The minimum atomic E-state index is 1.34. The van der Waals surface area contributed by atoms with Crippen molar-refractivity contribution in [3.63, 3.8) is 0 Å². The summed E-state index contributed by atoms with van der Waals surface area (Å²) >= 11 is 0. The molecule has 2 aromatic rings. The fraction of sp³-hybridized carbons (Fsp3) is 0.545. The molecule has 0 aliphatic carbocycles. The fourth-order valence-electron chi connectivity index (χ4n) is 2.03. The first-order valence-corrected chi connectivity index (χ1v) is 9.07. The Balaban J connectivity index is -0.000000394. The van der Waals surface area contributed by atoms with Crippen molar-refractivity contribution in [3.05, 3.63) is 46.5 Å². The van der Waals surface area contributed by atoms with Crippen LogP contribution in [-0.2, 0) is 0 Å². The lowest BCUT2D eigenvalue weighted by atomic mass is 9.96. The first kappa shape index (κ1) is 25.6. The Labute approximate surface area is 141 Å². The smallest absolute Gasteiger partial charge is 0.0149 e. The third-order valence-corrected chi connectivity index (χ3v) is 3.03. The highest BCUT2D eigenvalue weighted by atomic mass is 14.1. The Morgan fingerprint density at radius 1 is 0.500 bits per heavy atom. The van der Waals surface area contributed by atoms with Crippen LogP contribution >= 0.6 is 0 Å². The van der Waals surface area contributed by atoms with E-state index in [0.717, 1.165) is 0 Å². The molecule has 2 aromatic carbocycles. The zero-order chi connectivity index (χ0) is 18.3. The standard InChI is InChI=1S/C14H16.4C2H6/c1-9-5-6-13-12(4)10(2)8-11(3)14(13)7-9;4*1-2/h5-8H,1-4H3;4*1-2H3. The third-order valence-electron chi connectivity index (χ3n) is 3.03. The van der Waals surface area contributed by atoms with Crippen molar-refractivity contribution < 1.29 is 0 Å². The van der Waals surface area contributed by atoms with Crippen molar-refractivity contribution in [1.82, 2.24) is 0 Å². The summed E-state index contributed by atoms with van der Waals surface area (Å²) in [5.74, 6) is 0. The van der Waals surface area contributed by atoms with Crippen LogP contribution < -0.4 is 0 Å². The molecule has 0 unspecified atom stereocenters. The van der Waals surface area contributed by atoms with Crippen molar-refractivity contribution in [2.75, 3.05) is 0 Å². The van der Waals surface area contributed by atoms with Crippen LogP contribution in [-0.4, -0.2) is 0 Å². The molecule has 0 saturated carbocycles. The number of benzene rings is 2. The van der Waals surface area contributed by atoms with E-state index in [1.54, 1.807) is 0 Å². The van der Waals surface area contributed by atoms with Crippen LogP contribution in [0.15, 0.2) is 24.3 Å². The molecular formula is C22H40. The van der Waals surface area contributed by atoms with Crippen LogP contribution in [0, 0.1) is 27.7 Å². The Morgan fingerprint density at radius 3 is 1.41 bits per heavy atom. The molecule has 0 bridgehead atoms. The number of rotatable bonds is 0. The SMILES string of the molecule is CC.CC.CC.CC.Cc1ccc2c(C)c(C)cc(C)c2c1. The van der Waals surface area contributed by atoms with Gasteiger partial charge in [-0.15, -0.1) is 0 Å². The number of aryl methyl sites for hydroxylation is 4. The van der Waals surface area contributed by atoms with Crippen molar-refractivity contribution in [1.29, 1.82) is 0 Å². The molecule has 0 saturated heterocycles. The highest BCUT2D eigenvalue weighted by Crippen LogP contribution is 2.25. The van der Waals surface area contributed by atoms with Gasteiger partial charge in [0.05, 0.1) is 0 Å². The van der Waals surface area contributed by atoms with Gasteiger partial charge in [0.1, 0.15) is 0 Å². The predicted molar refractivity (Wildman–Crippen MR) is 108 cm³/mol. The molecule has 0 nitrogen and oxygen atoms in total. The highest BCUT2D eigenvalue weighted by molar-refractivity contribution is 5.89. The quantitative estimate of drug-likeness (QED) is 0.460. The molecule has 0 N–H and O–H groups in total. The number of hydrogen-bond acceptors (Lipinski definition) is 0. The summed E-state index contributed by atoms with van der Waals surface area (Å²) in [5, 5.41) is 2.79. The van der Waals surface area contributed by atoms with E-state index in [0.29, 0.717) is 0 Å². The first-order valence-electron chi connectivity index (χ1n) is 9.07. The van der Waals surface area contributed by atoms with E-state index in [1.807, 2.05) is 55.4 Å². The van der Waals surface area contributed by atoms with E-state index in [9.17, 15) is 0 Å². The van der Waals surface area contributed by atoms with Gasteiger partial charge < -0.3 is 0 Å². The largest absolute Gasteiger partial charge is 0.0683 e. The maximum Gasteiger partial charge on any atom is -0.0149 e. The Kier molecular flexibility index (Phi) is 18.7. The Bertz CT molecular complexity index is 493. The lowest BCUT2D eigenvalue weighted by molar-refractivity contribution is 1.34. The molecule has 0 atom stereocenters. The monoisotopic (exact) mass is 304 g/mol. The third kappa shape index (κ3) is 7.64. The average molecular weight is 305 g/mol. The van der Waals surface area contributed by atoms with Gasteiger partial charge in [-0.1, -0.05) is 85.2 Å². The minimum Gasteiger partial charge on any atom is -0.0683 e. The summed E-state index contributed by atoms with van der Waals surface area (Å²) < 4.78 is 0.